The minimum Gasteiger partial charge on any atom is -0.443 e. The monoisotopic (exact) mass is 517 g/mol. The van der Waals surface area contributed by atoms with Crippen molar-refractivity contribution < 1.29 is 28.6 Å². The number of terminal acetylenes is 2. The summed E-state index contributed by atoms with van der Waals surface area (Å²) >= 11 is 0. The second kappa shape index (κ2) is 14.0. The number of esters is 1. The molecule has 1 aromatic rings. The van der Waals surface area contributed by atoms with Gasteiger partial charge in [-0.3, -0.25) is 4.79 Å². The summed E-state index contributed by atoms with van der Waals surface area (Å²) in [7, 11) is 0. The van der Waals surface area contributed by atoms with Crippen molar-refractivity contribution in [2.75, 3.05) is 0 Å². The zero-order valence-corrected chi connectivity index (χ0v) is 22.3. The molecule has 0 aliphatic heterocycles. The minimum atomic E-state index is -1.25. The molecule has 0 atom stereocenters. The summed E-state index contributed by atoms with van der Waals surface area (Å²) in [5.74, 6) is 2.90. The molecule has 0 saturated carbocycles. The van der Waals surface area contributed by atoms with Gasteiger partial charge in [-0.2, -0.15) is 0 Å². The number of carbonyl (C=O) groups is 3. The number of hydrogen-bond donors (Lipinski definition) is 1. The molecule has 38 heavy (non-hydrogen) atoms. The first-order valence-corrected chi connectivity index (χ1v) is 11.4. The van der Waals surface area contributed by atoms with E-state index in [1.165, 1.54) is 39.0 Å². The summed E-state index contributed by atoms with van der Waals surface area (Å²) in [4.78, 5) is 38.1. The quantitative estimate of drug-likeness (QED) is 0.103. The van der Waals surface area contributed by atoms with Crippen LogP contribution in [0.5, 0.6) is 0 Å². The second-order valence-corrected chi connectivity index (χ2v) is 8.58. The van der Waals surface area contributed by atoms with E-state index in [1.54, 1.807) is 51.1 Å². The van der Waals surface area contributed by atoms with Crippen LogP contribution in [0, 0.1) is 24.7 Å². The van der Waals surface area contributed by atoms with Gasteiger partial charge in [0.2, 0.25) is 0 Å². The first-order chi connectivity index (χ1) is 17.8. The third kappa shape index (κ3) is 10.00. The van der Waals surface area contributed by atoms with Crippen molar-refractivity contribution in [1.82, 2.24) is 5.32 Å². The Morgan fingerprint density at radius 2 is 1.66 bits per heavy atom. The fourth-order valence-electron chi connectivity index (χ4n) is 2.41. The van der Waals surface area contributed by atoms with E-state index in [9.17, 15) is 14.4 Å². The van der Waals surface area contributed by atoms with Gasteiger partial charge in [-0.05, 0) is 65.8 Å². The van der Waals surface area contributed by atoms with Crippen molar-refractivity contribution in [1.29, 1.82) is 0 Å². The highest BCUT2D eigenvalue weighted by Gasteiger charge is 2.25. The normalized spacial score (nSPS) is 12.7. The Morgan fingerprint density at radius 3 is 2.24 bits per heavy atom. The highest BCUT2D eigenvalue weighted by atomic mass is 16.7. The Bertz CT molecular complexity index is 1280. The van der Waals surface area contributed by atoms with Crippen molar-refractivity contribution >= 4 is 23.7 Å². The molecule has 198 valence electrons. The third-order valence-corrected chi connectivity index (χ3v) is 4.49. The maximum atomic E-state index is 13.1. The summed E-state index contributed by atoms with van der Waals surface area (Å²) < 4.78 is 15.5. The number of carbonyl (C=O) groups excluding carboxylic acids is 3. The van der Waals surface area contributed by atoms with E-state index in [4.69, 9.17) is 27.1 Å². The first-order valence-electron chi connectivity index (χ1n) is 11.4. The van der Waals surface area contributed by atoms with E-state index in [-0.39, 0.29) is 22.7 Å². The van der Waals surface area contributed by atoms with Crippen LogP contribution in [0.1, 0.15) is 51.9 Å². The van der Waals surface area contributed by atoms with E-state index in [0.717, 1.165) is 0 Å². The Labute approximate surface area is 223 Å². The molecule has 9 heteroatoms. The molecule has 1 N–H and O–H groups in total. The van der Waals surface area contributed by atoms with Gasteiger partial charge in [0.15, 0.2) is 16.9 Å². The number of azo groups is 1. The number of allylic oxidation sites excluding steroid dienone is 5. The number of nitrogens with one attached hydrogen (secondary N) is 1. The number of ether oxygens (including phenoxy) is 3. The summed E-state index contributed by atoms with van der Waals surface area (Å²) in [5.41, 5.74) is -2.34. The molecular weight excluding hydrogens is 486 g/mol. The molecule has 1 rings (SSSR count). The molecule has 0 aliphatic carbocycles. The Hall–Kier alpha value is -4.89. The third-order valence-electron chi connectivity index (χ3n) is 4.49. The smallest absolute Gasteiger partial charge is 0.443 e. The molecule has 0 spiro atoms. The van der Waals surface area contributed by atoms with Crippen LogP contribution >= 0.6 is 0 Å². The fraction of sp³-hybridized carbons (Fsp3) is 0.276. The number of amides is 1. The van der Waals surface area contributed by atoms with Crippen LogP contribution in [-0.4, -0.2) is 29.2 Å². The van der Waals surface area contributed by atoms with E-state index in [1.807, 2.05) is 0 Å². The van der Waals surface area contributed by atoms with Gasteiger partial charge in [-0.15, -0.1) is 23.1 Å². The Kier molecular flexibility index (Phi) is 11.5. The zero-order valence-electron chi connectivity index (χ0n) is 22.3. The van der Waals surface area contributed by atoms with E-state index < -0.39 is 29.2 Å². The molecule has 0 radical (unpaired) electrons. The van der Waals surface area contributed by atoms with Crippen LogP contribution in [0.4, 0.5) is 10.5 Å². The number of benzene rings is 1. The van der Waals surface area contributed by atoms with E-state index in [0.29, 0.717) is 5.70 Å². The molecule has 0 aliphatic rings. The largest absolute Gasteiger partial charge is 0.515 e. The van der Waals surface area contributed by atoms with E-state index >= 15 is 0 Å². The van der Waals surface area contributed by atoms with Crippen molar-refractivity contribution in [3.63, 3.8) is 0 Å². The topological polar surface area (TPSA) is 116 Å². The van der Waals surface area contributed by atoms with Crippen molar-refractivity contribution in [2.45, 2.75) is 52.7 Å². The standard InChI is InChI=1S/C29H31N3O6/c1-10-14-17-21(11-2)30-25(33)24(20(5)36-27(35)38-29(8,9)13-4)32-31-23-19-16-15-18-22(23)26(34)37-28(6,7)12-3/h3-4,10-11,14-19H,2H2,1,5-9H3,(H,30,33)/b14-10-,21-17+,24-20+,32-31?. The van der Waals surface area contributed by atoms with Gasteiger partial charge in [-0.1, -0.05) is 42.7 Å². The zero-order chi connectivity index (χ0) is 28.9. The van der Waals surface area contributed by atoms with Gasteiger partial charge in [0.25, 0.3) is 5.91 Å². The first kappa shape index (κ1) is 31.1. The van der Waals surface area contributed by atoms with Crippen LogP contribution in [0.3, 0.4) is 0 Å². The predicted octanol–water partition coefficient (Wildman–Crippen LogP) is 5.90. The maximum Gasteiger partial charge on any atom is 0.515 e. The average molecular weight is 518 g/mol. The molecule has 0 heterocycles. The lowest BCUT2D eigenvalue weighted by Gasteiger charge is -2.19. The van der Waals surface area contributed by atoms with Crippen LogP contribution in [0.2, 0.25) is 0 Å². The van der Waals surface area contributed by atoms with Gasteiger partial charge < -0.3 is 19.5 Å². The van der Waals surface area contributed by atoms with Crippen molar-refractivity contribution in [3.8, 4) is 24.7 Å². The average Bonchev–Trinajstić information content (AvgIpc) is 2.86. The van der Waals surface area contributed by atoms with Gasteiger partial charge in [0.05, 0.1) is 5.56 Å². The minimum absolute atomic E-state index is 0.0489. The molecule has 0 aromatic heterocycles. The number of rotatable bonds is 10. The van der Waals surface area contributed by atoms with Crippen LogP contribution in [0.15, 0.2) is 82.5 Å². The number of nitrogens with zero attached hydrogens (tertiary/aromatic N) is 2. The molecule has 1 aromatic carbocycles. The second-order valence-electron chi connectivity index (χ2n) is 8.58. The van der Waals surface area contributed by atoms with Crippen LogP contribution in [-0.2, 0) is 19.0 Å². The maximum absolute atomic E-state index is 13.1. The van der Waals surface area contributed by atoms with E-state index in [2.05, 4.69) is 34.0 Å². The highest BCUT2D eigenvalue weighted by Crippen LogP contribution is 2.24. The van der Waals surface area contributed by atoms with Crippen LogP contribution < -0.4 is 5.32 Å². The molecule has 1 amide bonds. The molecule has 0 fully saturated rings. The molecule has 9 nitrogen and oxygen atoms in total. The molecule has 0 unspecified atom stereocenters. The summed E-state index contributed by atoms with van der Waals surface area (Å²) in [6, 6.07) is 6.16. The van der Waals surface area contributed by atoms with Gasteiger partial charge in [-0.25, -0.2) is 9.59 Å². The summed E-state index contributed by atoms with van der Waals surface area (Å²) in [6.45, 7) is 12.9. The van der Waals surface area contributed by atoms with Gasteiger partial charge >= 0.3 is 12.1 Å². The fourth-order valence-corrected chi connectivity index (χ4v) is 2.41. The Morgan fingerprint density at radius 1 is 1.05 bits per heavy atom. The lowest BCUT2D eigenvalue weighted by molar-refractivity contribution is -0.117. The van der Waals surface area contributed by atoms with Gasteiger partial charge in [0.1, 0.15) is 11.4 Å². The molecule has 0 saturated heterocycles. The lowest BCUT2D eigenvalue weighted by atomic mass is 10.1. The van der Waals surface area contributed by atoms with Crippen molar-refractivity contribution in [2.24, 2.45) is 10.2 Å². The van der Waals surface area contributed by atoms with Crippen molar-refractivity contribution in [3.05, 3.63) is 77.9 Å². The lowest BCUT2D eigenvalue weighted by Crippen LogP contribution is -2.27. The predicted molar refractivity (Wildman–Crippen MR) is 144 cm³/mol. The highest BCUT2D eigenvalue weighted by molar-refractivity contribution is 5.96. The molecule has 0 bridgehead atoms. The van der Waals surface area contributed by atoms with Gasteiger partial charge in [0, 0.05) is 5.70 Å². The summed E-state index contributed by atoms with van der Waals surface area (Å²) in [6.07, 6.45) is 16.0. The SMILES string of the molecule is C#CC(C)(C)OC(=O)O/C(C)=C(/N=Nc1ccccc1C(=O)OC(C)(C)C#C)C(=O)N/C(C=C)=C/C=C\C. The summed E-state index contributed by atoms with van der Waals surface area (Å²) in [5, 5.41) is 10.6. The number of hydrogen-bond acceptors (Lipinski definition) is 8. The molecular formula is C29H31N3O6. The van der Waals surface area contributed by atoms with Crippen LogP contribution in [0.25, 0.3) is 0 Å². The Balaban J connectivity index is 3.49.